The van der Waals surface area contributed by atoms with E-state index in [0.29, 0.717) is 18.8 Å². The fourth-order valence-electron chi connectivity index (χ4n) is 4.02. The molecule has 0 spiro atoms. The van der Waals surface area contributed by atoms with Crippen LogP contribution in [0.5, 0.6) is 5.75 Å². The first-order chi connectivity index (χ1) is 15.0. The molecule has 1 heterocycles. The number of rotatable bonds is 4. The van der Waals surface area contributed by atoms with Crippen LogP contribution >= 0.6 is 11.8 Å². The normalized spacial score (nSPS) is 20.1. The van der Waals surface area contributed by atoms with Crippen molar-refractivity contribution >= 4 is 22.7 Å². The topological polar surface area (TPSA) is 62.2 Å². The standard InChI is InChI=1S/C22H22F2N2O2S.C2H6/c23-15-9-10-18(24)16(13-15)20(25)29-22(26-21(27)14-5-1-2-6-14)11-12-28-19-8-4-3-7-17(19)22;1-2/h3-4,7-10,13-14,25H,1-2,5-6,11-12H2,(H,26,27);1-2H3. The molecule has 4 nitrogen and oxygen atoms in total. The van der Waals surface area contributed by atoms with Crippen molar-refractivity contribution in [3.8, 4) is 5.75 Å². The molecule has 2 N–H and O–H groups in total. The molecule has 166 valence electrons. The third-order valence-electron chi connectivity index (χ3n) is 5.53. The minimum absolute atomic E-state index is 0.0532. The predicted octanol–water partition coefficient (Wildman–Crippen LogP) is 5.99. The van der Waals surface area contributed by atoms with Crippen LogP contribution in [0.1, 0.15) is 57.1 Å². The maximum atomic E-state index is 14.3. The monoisotopic (exact) mass is 446 g/mol. The van der Waals surface area contributed by atoms with Gasteiger partial charge < -0.3 is 10.1 Å². The fourth-order valence-corrected chi connectivity index (χ4v) is 5.25. The molecule has 0 radical (unpaired) electrons. The molecule has 7 heteroatoms. The highest BCUT2D eigenvalue weighted by atomic mass is 32.2. The van der Waals surface area contributed by atoms with E-state index in [-0.39, 0.29) is 22.4 Å². The van der Waals surface area contributed by atoms with E-state index in [1.165, 1.54) is 0 Å². The van der Waals surface area contributed by atoms with Gasteiger partial charge in [-0.05, 0) is 37.1 Å². The molecule has 1 unspecified atom stereocenters. The van der Waals surface area contributed by atoms with Gasteiger partial charge in [0.15, 0.2) is 0 Å². The Morgan fingerprint density at radius 1 is 1.16 bits per heavy atom. The van der Waals surface area contributed by atoms with E-state index in [9.17, 15) is 13.6 Å². The van der Waals surface area contributed by atoms with E-state index >= 15 is 0 Å². The second-order valence-electron chi connectivity index (χ2n) is 7.45. The van der Waals surface area contributed by atoms with Gasteiger partial charge in [0.1, 0.15) is 22.3 Å². The first-order valence-electron chi connectivity index (χ1n) is 10.8. The summed E-state index contributed by atoms with van der Waals surface area (Å²) in [4.78, 5) is 12.0. The van der Waals surface area contributed by atoms with Crippen LogP contribution in [-0.4, -0.2) is 17.6 Å². The van der Waals surface area contributed by atoms with E-state index in [0.717, 1.165) is 61.2 Å². The molecular weight excluding hydrogens is 418 g/mol. The van der Waals surface area contributed by atoms with Crippen LogP contribution in [0.25, 0.3) is 0 Å². The Hall–Kier alpha value is -2.41. The number of para-hydroxylation sites is 1. The zero-order chi connectivity index (χ0) is 22.4. The van der Waals surface area contributed by atoms with Crippen molar-refractivity contribution in [3.63, 3.8) is 0 Å². The zero-order valence-corrected chi connectivity index (χ0v) is 18.7. The largest absolute Gasteiger partial charge is 0.493 e. The smallest absolute Gasteiger partial charge is 0.224 e. The van der Waals surface area contributed by atoms with Gasteiger partial charge in [0.25, 0.3) is 0 Å². The lowest BCUT2D eigenvalue weighted by Gasteiger charge is -2.39. The molecule has 0 saturated heterocycles. The molecule has 1 fully saturated rings. The van der Waals surface area contributed by atoms with Crippen LogP contribution in [0.2, 0.25) is 0 Å². The van der Waals surface area contributed by atoms with Crippen LogP contribution in [0, 0.1) is 23.0 Å². The van der Waals surface area contributed by atoms with Crippen LogP contribution in [0.4, 0.5) is 8.78 Å². The second-order valence-corrected chi connectivity index (χ2v) is 8.76. The molecule has 1 aliphatic carbocycles. The van der Waals surface area contributed by atoms with Crippen molar-refractivity contribution in [1.82, 2.24) is 5.32 Å². The summed E-state index contributed by atoms with van der Waals surface area (Å²) >= 11 is 1.04. The predicted molar refractivity (Wildman–Crippen MR) is 120 cm³/mol. The van der Waals surface area contributed by atoms with Gasteiger partial charge in [-0.25, -0.2) is 8.78 Å². The molecule has 2 aromatic carbocycles. The van der Waals surface area contributed by atoms with Crippen LogP contribution in [-0.2, 0) is 9.67 Å². The summed E-state index contributed by atoms with van der Waals surface area (Å²) in [7, 11) is 0. The van der Waals surface area contributed by atoms with Gasteiger partial charge in [0.05, 0.1) is 11.7 Å². The van der Waals surface area contributed by atoms with Gasteiger partial charge in [0, 0.05) is 23.5 Å². The first kappa shape index (κ1) is 23.3. The van der Waals surface area contributed by atoms with E-state index in [4.69, 9.17) is 10.1 Å². The maximum Gasteiger partial charge on any atom is 0.224 e. The lowest BCUT2D eigenvalue weighted by atomic mass is 9.98. The molecule has 31 heavy (non-hydrogen) atoms. The SMILES string of the molecule is CC.N=C(SC1(NC(=O)C2CCCC2)CCOc2ccccc21)c1cc(F)ccc1F. The van der Waals surface area contributed by atoms with Crippen LogP contribution in [0.3, 0.4) is 0 Å². The molecule has 1 amide bonds. The number of nitrogens with one attached hydrogen (secondary N) is 2. The van der Waals surface area contributed by atoms with E-state index < -0.39 is 16.5 Å². The first-order valence-corrected chi connectivity index (χ1v) is 11.6. The van der Waals surface area contributed by atoms with Crippen molar-refractivity contribution in [2.75, 3.05) is 6.61 Å². The van der Waals surface area contributed by atoms with Gasteiger partial charge in [-0.1, -0.05) is 56.7 Å². The number of fused-ring (bicyclic) bond motifs is 1. The molecule has 0 bridgehead atoms. The highest BCUT2D eigenvalue weighted by molar-refractivity contribution is 8.15. The van der Waals surface area contributed by atoms with Crippen molar-refractivity contribution < 1.29 is 18.3 Å². The lowest BCUT2D eigenvalue weighted by molar-refractivity contribution is -0.126. The summed E-state index contributed by atoms with van der Waals surface area (Å²) in [6.45, 7) is 4.36. The second kappa shape index (κ2) is 10.3. The maximum absolute atomic E-state index is 14.3. The van der Waals surface area contributed by atoms with E-state index in [1.54, 1.807) is 0 Å². The summed E-state index contributed by atoms with van der Waals surface area (Å²) in [5.74, 6) is -0.753. The summed E-state index contributed by atoms with van der Waals surface area (Å²) in [5.41, 5.74) is 0.623. The average molecular weight is 447 g/mol. The highest BCUT2D eigenvalue weighted by Crippen LogP contribution is 2.46. The van der Waals surface area contributed by atoms with Crippen molar-refractivity contribution in [2.24, 2.45) is 5.92 Å². The zero-order valence-electron chi connectivity index (χ0n) is 17.8. The van der Waals surface area contributed by atoms with Gasteiger partial charge in [-0.15, -0.1) is 0 Å². The number of ether oxygens (including phenoxy) is 1. The number of thioether (sulfide) groups is 1. The highest BCUT2D eigenvalue weighted by Gasteiger charge is 2.42. The Morgan fingerprint density at radius 2 is 1.87 bits per heavy atom. The molecule has 4 rings (SSSR count). The quantitative estimate of drug-likeness (QED) is 0.344. The van der Waals surface area contributed by atoms with E-state index in [1.807, 2.05) is 38.1 Å². The molecule has 2 aromatic rings. The molecule has 1 atom stereocenters. The third kappa shape index (κ3) is 5.09. The van der Waals surface area contributed by atoms with Crippen molar-refractivity contribution in [1.29, 1.82) is 5.41 Å². The molecule has 2 aliphatic rings. The third-order valence-corrected chi connectivity index (χ3v) is 6.83. The van der Waals surface area contributed by atoms with E-state index in [2.05, 4.69) is 5.32 Å². The Labute approximate surface area is 186 Å². The van der Waals surface area contributed by atoms with Gasteiger partial charge in [0.2, 0.25) is 5.91 Å². The Morgan fingerprint density at radius 3 is 2.61 bits per heavy atom. The summed E-state index contributed by atoms with van der Waals surface area (Å²) in [5, 5.41) is 11.5. The number of halogens is 2. The molecule has 1 aliphatic heterocycles. The van der Waals surface area contributed by atoms with Gasteiger partial charge in [-0.2, -0.15) is 0 Å². The number of benzene rings is 2. The van der Waals surface area contributed by atoms with Crippen molar-refractivity contribution in [3.05, 3.63) is 65.2 Å². The number of hydrogen-bond acceptors (Lipinski definition) is 4. The molecular formula is C24H28F2N2O2S. The number of carbonyl (C=O) groups excluding carboxylic acids is 1. The number of carbonyl (C=O) groups is 1. The lowest BCUT2D eigenvalue weighted by Crippen LogP contribution is -2.49. The number of amides is 1. The molecule has 1 saturated carbocycles. The Bertz CT molecular complexity index is 947. The summed E-state index contributed by atoms with van der Waals surface area (Å²) in [6, 6.07) is 10.4. The summed E-state index contributed by atoms with van der Waals surface area (Å²) in [6.07, 6.45) is 4.18. The fraction of sp³-hybridized carbons (Fsp3) is 0.417. The van der Waals surface area contributed by atoms with Crippen molar-refractivity contribution in [2.45, 2.75) is 50.8 Å². The minimum atomic E-state index is -0.968. The van der Waals surface area contributed by atoms with Gasteiger partial charge in [-0.3, -0.25) is 10.2 Å². The summed E-state index contributed by atoms with van der Waals surface area (Å²) < 4.78 is 33.7. The van der Waals surface area contributed by atoms with Gasteiger partial charge >= 0.3 is 0 Å². The minimum Gasteiger partial charge on any atom is -0.493 e. The van der Waals surface area contributed by atoms with Crippen LogP contribution in [0.15, 0.2) is 42.5 Å². The Balaban J connectivity index is 0.00000132. The van der Waals surface area contributed by atoms with Crippen LogP contribution < -0.4 is 10.1 Å². The Kier molecular flexibility index (Phi) is 7.70. The average Bonchev–Trinajstić information content (AvgIpc) is 3.32. The number of hydrogen-bond donors (Lipinski definition) is 2. The molecule has 0 aromatic heterocycles.